The van der Waals surface area contributed by atoms with Crippen LogP contribution in [-0.4, -0.2) is 4.87 Å². The van der Waals surface area contributed by atoms with Crippen LogP contribution in [0.4, 0.5) is 13.2 Å². The first-order chi connectivity index (χ1) is 16.9. The normalized spacial score (nSPS) is 21.1. The summed E-state index contributed by atoms with van der Waals surface area (Å²) in [7, 11) is 0. The molecule has 35 heavy (non-hydrogen) atoms. The Morgan fingerprint density at radius 3 is 2.23 bits per heavy atom. The molecular weight excluding hydrogens is 465 g/mol. The second-order valence-corrected chi connectivity index (χ2v) is 10.8. The summed E-state index contributed by atoms with van der Waals surface area (Å²) in [5, 5.41) is 0. The van der Waals surface area contributed by atoms with Crippen LogP contribution in [0.15, 0.2) is 60.7 Å². The van der Waals surface area contributed by atoms with Gasteiger partial charge in [0.2, 0.25) is 0 Å². The van der Waals surface area contributed by atoms with Crippen molar-refractivity contribution in [3.05, 3.63) is 83.7 Å². The van der Waals surface area contributed by atoms with Crippen molar-refractivity contribution in [1.82, 2.24) is 0 Å². The van der Waals surface area contributed by atoms with Gasteiger partial charge in [0.15, 0.2) is 11.6 Å². The summed E-state index contributed by atoms with van der Waals surface area (Å²) in [4.78, 5) is -0.492. The standard InChI is InChI=1S/C31H34ClF3/c1-3-4-9-18-31(32)19-10-8-13-26(31)21(2)28-27(33)20-25(29(34)30(28)35)24-16-14-23(15-17-24)22-11-6-5-7-12-22/h5-7,11-12,14-17,20-21,26H,3-4,8-10,13,18-19H2,1-2H3. The van der Waals surface area contributed by atoms with Crippen molar-refractivity contribution in [3.8, 4) is 22.3 Å². The van der Waals surface area contributed by atoms with Crippen molar-refractivity contribution in [2.24, 2.45) is 5.92 Å². The topological polar surface area (TPSA) is 0 Å². The van der Waals surface area contributed by atoms with Gasteiger partial charge in [0.05, 0.1) is 0 Å². The molecule has 3 aromatic rings. The molecule has 0 spiro atoms. The Bertz CT molecular complexity index is 1130. The molecule has 1 fully saturated rings. The number of benzene rings is 3. The number of alkyl halides is 1. The largest absolute Gasteiger partial charge is 0.207 e. The van der Waals surface area contributed by atoms with E-state index in [0.29, 0.717) is 5.56 Å². The second kappa shape index (κ2) is 11.2. The molecular formula is C31H34ClF3. The van der Waals surface area contributed by atoms with Gasteiger partial charge in [-0.05, 0) is 53.9 Å². The highest BCUT2D eigenvalue weighted by Crippen LogP contribution is 2.50. The lowest BCUT2D eigenvalue weighted by Gasteiger charge is -2.43. The Morgan fingerprint density at radius 2 is 1.54 bits per heavy atom. The van der Waals surface area contributed by atoms with Crippen molar-refractivity contribution < 1.29 is 13.2 Å². The van der Waals surface area contributed by atoms with Gasteiger partial charge in [-0.3, -0.25) is 0 Å². The molecule has 0 heterocycles. The zero-order chi connectivity index (χ0) is 25.0. The fourth-order valence-electron chi connectivity index (χ4n) is 5.82. The van der Waals surface area contributed by atoms with Crippen LogP contribution in [0.25, 0.3) is 22.3 Å². The van der Waals surface area contributed by atoms with E-state index in [1.165, 1.54) is 0 Å². The molecule has 1 aliphatic carbocycles. The molecule has 0 amide bonds. The minimum absolute atomic E-state index is 0.0562. The Hall–Kier alpha value is -2.26. The van der Waals surface area contributed by atoms with Gasteiger partial charge < -0.3 is 0 Å². The van der Waals surface area contributed by atoms with E-state index in [0.717, 1.165) is 68.6 Å². The minimum atomic E-state index is -1.09. The van der Waals surface area contributed by atoms with Crippen molar-refractivity contribution >= 4 is 11.6 Å². The predicted octanol–water partition coefficient (Wildman–Crippen LogP) is 10.3. The number of hydrogen-bond donors (Lipinski definition) is 0. The monoisotopic (exact) mass is 498 g/mol. The van der Waals surface area contributed by atoms with E-state index in [-0.39, 0.29) is 17.0 Å². The van der Waals surface area contributed by atoms with E-state index < -0.39 is 28.2 Å². The summed E-state index contributed by atoms with van der Waals surface area (Å²) in [6.45, 7) is 3.95. The van der Waals surface area contributed by atoms with E-state index in [2.05, 4.69) is 6.92 Å². The molecule has 1 aliphatic rings. The fourth-order valence-corrected chi connectivity index (χ4v) is 6.38. The highest BCUT2D eigenvalue weighted by atomic mass is 35.5. The third kappa shape index (κ3) is 5.45. The first-order valence-electron chi connectivity index (χ1n) is 12.9. The van der Waals surface area contributed by atoms with Crippen LogP contribution < -0.4 is 0 Å². The Morgan fingerprint density at radius 1 is 0.886 bits per heavy atom. The molecule has 0 N–H and O–H groups in total. The van der Waals surface area contributed by atoms with Gasteiger partial charge >= 0.3 is 0 Å². The summed E-state index contributed by atoms with van der Waals surface area (Å²) in [5.74, 6) is -3.37. The first kappa shape index (κ1) is 25.8. The molecule has 0 saturated heterocycles. The quantitative estimate of drug-likeness (QED) is 0.164. The summed E-state index contributed by atoms with van der Waals surface area (Å²) in [5.41, 5.74) is 2.21. The van der Waals surface area contributed by atoms with Crippen LogP contribution in [0.5, 0.6) is 0 Å². The molecule has 1 saturated carbocycles. The molecule has 3 unspecified atom stereocenters. The number of halogens is 4. The summed E-state index contributed by atoms with van der Waals surface area (Å²) in [6, 6.07) is 18.0. The van der Waals surface area contributed by atoms with Gasteiger partial charge in [-0.25, -0.2) is 13.2 Å². The third-order valence-corrected chi connectivity index (χ3v) is 8.43. The lowest BCUT2D eigenvalue weighted by Crippen LogP contribution is -2.39. The van der Waals surface area contributed by atoms with E-state index in [1.807, 2.05) is 49.4 Å². The van der Waals surface area contributed by atoms with Gasteiger partial charge in [-0.2, -0.15) is 0 Å². The molecule has 0 aromatic heterocycles. The van der Waals surface area contributed by atoms with Crippen molar-refractivity contribution in [3.63, 3.8) is 0 Å². The molecule has 0 aliphatic heterocycles. The fraction of sp³-hybridized carbons (Fsp3) is 0.419. The van der Waals surface area contributed by atoms with Crippen molar-refractivity contribution in [1.29, 1.82) is 0 Å². The molecule has 0 radical (unpaired) electrons. The zero-order valence-electron chi connectivity index (χ0n) is 20.6. The maximum Gasteiger partial charge on any atom is 0.167 e. The SMILES string of the molecule is CCCCCC1(Cl)CCCCC1C(C)c1c(F)cc(-c2ccc(-c3ccccc3)cc2)c(F)c1F. The molecule has 3 aromatic carbocycles. The molecule has 3 atom stereocenters. The molecule has 4 rings (SSSR count). The third-order valence-electron chi connectivity index (χ3n) is 7.77. The Balaban J connectivity index is 1.64. The van der Waals surface area contributed by atoms with Gasteiger partial charge in [0.25, 0.3) is 0 Å². The summed E-state index contributed by atoms with van der Waals surface area (Å²) in [6.07, 6.45) is 7.66. The lowest BCUT2D eigenvalue weighted by molar-refractivity contribution is 0.212. The molecule has 0 nitrogen and oxygen atoms in total. The van der Waals surface area contributed by atoms with Gasteiger partial charge in [-0.1, -0.05) is 101 Å². The van der Waals surface area contributed by atoms with Gasteiger partial charge in [-0.15, -0.1) is 11.6 Å². The second-order valence-electron chi connectivity index (χ2n) is 10.0. The van der Waals surface area contributed by atoms with Crippen LogP contribution in [0.2, 0.25) is 0 Å². The minimum Gasteiger partial charge on any atom is -0.207 e. The van der Waals surface area contributed by atoms with E-state index in [1.54, 1.807) is 12.1 Å². The zero-order valence-corrected chi connectivity index (χ0v) is 21.4. The van der Waals surface area contributed by atoms with Gasteiger partial charge in [0, 0.05) is 16.0 Å². The molecule has 4 heteroatoms. The van der Waals surface area contributed by atoms with Crippen LogP contribution >= 0.6 is 11.6 Å². The number of rotatable bonds is 8. The van der Waals surface area contributed by atoms with Gasteiger partial charge in [0.1, 0.15) is 5.82 Å². The molecule has 0 bridgehead atoms. The van der Waals surface area contributed by atoms with Crippen LogP contribution in [0.3, 0.4) is 0 Å². The van der Waals surface area contributed by atoms with Crippen LogP contribution in [0, 0.1) is 23.4 Å². The van der Waals surface area contributed by atoms with Crippen LogP contribution in [0.1, 0.15) is 76.7 Å². The highest BCUT2D eigenvalue weighted by molar-refractivity contribution is 6.24. The smallest absolute Gasteiger partial charge is 0.167 e. The maximum atomic E-state index is 15.5. The van der Waals surface area contributed by atoms with E-state index in [9.17, 15) is 0 Å². The average molecular weight is 499 g/mol. The Kier molecular flexibility index (Phi) is 8.27. The number of hydrogen-bond acceptors (Lipinski definition) is 0. The first-order valence-corrected chi connectivity index (χ1v) is 13.3. The molecule has 186 valence electrons. The van der Waals surface area contributed by atoms with E-state index >= 15 is 13.2 Å². The lowest BCUT2D eigenvalue weighted by atomic mass is 9.68. The highest BCUT2D eigenvalue weighted by Gasteiger charge is 2.43. The summed E-state index contributed by atoms with van der Waals surface area (Å²) < 4.78 is 46.2. The number of unbranched alkanes of at least 4 members (excludes halogenated alkanes) is 2. The van der Waals surface area contributed by atoms with Crippen molar-refractivity contribution in [2.75, 3.05) is 0 Å². The Labute approximate surface area is 212 Å². The maximum absolute atomic E-state index is 15.5. The van der Waals surface area contributed by atoms with Crippen LogP contribution in [-0.2, 0) is 0 Å². The summed E-state index contributed by atoms with van der Waals surface area (Å²) >= 11 is 7.12. The van der Waals surface area contributed by atoms with Crippen molar-refractivity contribution in [2.45, 2.75) is 76.0 Å². The predicted molar refractivity (Wildman–Crippen MR) is 140 cm³/mol. The average Bonchev–Trinajstić information content (AvgIpc) is 2.87. The van der Waals surface area contributed by atoms with E-state index in [4.69, 9.17) is 11.6 Å².